The summed E-state index contributed by atoms with van der Waals surface area (Å²) in [7, 11) is 0. The quantitative estimate of drug-likeness (QED) is 0.846. The first-order valence-electron chi connectivity index (χ1n) is 9.35. The van der Waals surface area contributed by atoms with E-state index in [0.29, 0.717) is 11.6 Å². The van der Waals surface area contributed by atoms with Crippen LogP contribution in [0.15, 0.2) is 36.5 Å². The number of aromatic nitrogens is 1. The SMILES string of the molecule is Cc1ccc(C(C)C)cc1OCC(=O)Nc1ccc(N2CCOCC2)nc1. The maximum Gasteiger partial charge on any atom is 0.262 e. The number of morpholine rings is 1. The highest BCUT2D eigenvalue weighted by Crippen LogP contribution is 2.24. The van der Waals surface area contributed by atoms with Crippen molar-refractivity contribution < 1.29 is 14.3 Å². The second kappa shape index (κ2) is 8.86. The van der Waals surface area contributed by atoms with Crippen molar-refractivity contribution >= 4 is 17.4 Å². The average Bonchev–Trinajstić information content (AvgIpc) is 2.68. The third kappa shape index (κ3) is 5.20. The highest BCUT2D eigenvalue weighted by atomic mass is 16.5. The van der Waals surface area contributed by atoms with E-state index in [1.165, 1.54) is 5.56 Å². The molecule has 0 aliphatic carbocycles. The topological polar surface area (TPSA) is 63.7 Å². The van der Waals surface area contributed by atoms with Gasteiger partial charge >= 0.3 is 0 Å². The predicted octanol–water partition coefficient (Wildman–Crippen LogP) is 3.37. The fourth-order valence-corrected chi connectivity index (χ4v) is 2.91. The summed E-state index contributed by atoms with van der Waals surface area (Å²) in [5.41, 5.74) is 2.87. The van der Waals surface area contributed by atoms with Crippen LogP contribution in [-0.2, 0) is 9.53 Å². The molecule has 0 radical (unpaired) electrons. The van der Waals surface area contributed by atoms with Crippen molar-refractivity contribution in [2.24, 2.45) is 0 Å². The summed E-state index contributed by atoms with van der Waals surface area (Å²) >= 11 is 0. The minimum atomic E-state index is -0.203. The molecule has 1 N–H and O–H groups in total. The average molecular weight is 369 g/mol. The number of hydrogen-bond acceptors (Lipinski definition) is 5. The van der Waals surface area contributed by atoms with E-state index in [-0.39, 0.29) is 12.5 Å². The van der Waals surface area contributed by atoms with Crippen molar-refractivity contribution in [3.8, 4) is 5.75 Å². The highest BCUT2D eigenvalue weighted by Gasteiger charge is 2.13. The Bertz CT molecular complexity index is 769. The monoisotopic (exact) mass is 369 g/mol. The van der Waals surface area contributed by atoms with Gasteiger partial charge in [0.1, 0.15) is 11.6 Å². The number of carbonyl (C=O) groups excluding carboxylic acids is 1. The number of carbonyl (C=O) groups is 1. The predicted molar refractivity (Wildman–Crippen MR) is 107 cm³/mol. The molecule has 2 heterocycles. The molecule has 1 aliphatic rings. The third-order valence-corrected chi connectivity index (χ3v) is 4.60. The lowest BCUT2D eigenvalue weighted by molar-refractivity contribution is -0.118. The zero-order valence-electron chi connectivity index (χ0n) is 16.2. The first kappa shape index (κ1) is 19.2. The molecule has 3 rings (SSSR count). The van der Waals surface area contributed by atoms with Crippen molar-refractivity contribution in [1.82, 2.24) is 4.98 Å². The number of rotatable bonds is 6. The minimum absolute atomic E-state index is 0.0341. The Morgan fingerprint density at radius 3 is 2.70 bits per heavy atom. The minimum Gasteiger partial charge on any atom is -0.483 e. The van der Waals surface area contributed by atoms with Gasteiger partial charge in [-0.05, 0) is 42.2 Å². The number of ether oxygens (including phenoxy) is 2. The van der Waals surface area contributed by atoms with Gasteiger partial charge in [0.05, 0.1) is 25.1 Å². The molecule has 0 saturated carbocycles. The Morgan fingerprint density at radius 2 is 2.04 bits per heavy atom. The number of aryl methyl sites for hydroxylation is 1. The number of benzene rings is 1. The number of nitrogens with one attached hydrogen (secondary N) is 1. The van der Waals surface area contributed by atoms with Crippen molar-refractivity contribution in [1.29, 1.82) is 0 Å². The van der Waals surface area contributed by atoms with Crippen LogP contribution in [0.1, 0.15) is 30.9 Å². The van der Waals surface area contributed by atoms with Gasteiger partial charge < -0.3 is 19.7 Å². The molecular formula is C21H27N3O3. The van der Waals surface area contributed by atoms with Crippen LogP contribution in [0.3, 0.4) is 0 Å². The molecule has 1 aromatic carbocycles. The fourth-order valence-electron chi connectivity index (χ4n) is 2.91. The molecule has 0 atom stereocenters. The number of amides is 1. The molecule has 6 heteroatoms. The smallest absolute Gasteiger partial charge is 0.262 e. The van der Waals surface area contributed by atoms with E-state index in [4.69, 9.17) is 9.47 Å². The van der Waals surface area contributed by atoms with Gasteiger partial charge in [0.25, 0.3) is 5.91 Å². The van der Waals surface area contributed by atoms with Crippen LogP contribution in [0.2, 0.25) is 0 Å². The Labute approximate surface area is 160 Å². The summed E-state index contributed by atoms with van der Waals surface area (Å²) in [5.74, 6) is 1.86. The lowest BCUT2D eigenvalue weighted by Gasteiger charge is -2.27. The van der Waals surface area contributed by atoms with Gasteiger partial charge in [0, 0.05) is 13.1 Å². The van der Waals surface area contributed by atoms with Gasteiger partial charge in [-0.25, -0.2) is 4.98 Å². The maximum absolute atomic E-state index is 12.2. The van der Waals surface area contributed by atoms with E-state index in [1.54, 1.807) is 6.20 Å². The van der Waals surface area contributed by atoms with Gasteiger partial charge in [-0.1, -0.05) is 26.0 Å². The highest BCUT2D eigenvalue weighted by molar-refractivity contribution is 5.91. The summed E-state index contributed by atoms with van der Waals surface area (Å²) in [6, 6.07) is 9.90. The summed E-state index contributed by atoms with van der Waals surface area (Å²) in [4.78, 5) is 18.8. The van der Waals surface area contributed by atoms with Crippen LogP contribution in [0, 0.1) is 6.92 Å². The molecule has 0 bridgehead atoms. The normalized spacial score (nSPS) is 14.3. The molecule has 0 unspecified atom stereocenters. The summed E-state index contributed by atoms with van der Waals surface area (Å²) < 4.78 is 11.1. The van der Waals surface area contributed by atoms with Crippen molar-refractivity contribution in [3.05, 3.63) is 47.7 Å². The first-order valence-corrected chi connectivity index (χ1v) is 9.35. The lowest BCUT2D eigenvalue weighted by Crippen LogP contribution is -2.36. The summed E-state index contributed by atoms with van der Waals surface area (Å²) in [6.07, 6.45) is 1.67. The molecule has 27 heavy (non-hydrogen) atoms. The Kier molecular flexibility index (Phi) is 6.29. The van der Waals surface area contributed by atoms with Gasteiger partial charge in [-0.2, -0.15) is 0 Å². The van der Waals surface area contributed by atoms with E-state index < -0.39 is 0 Å². The molecule has 2 aromatic rings. The molecule has 144 valence electrons. The zero-order valence-corrected chi connectivity index (χ0v) is 16.2. The number of hydrogen-bond donors (Lipinski definition) is 1. The Balaban J connectivity index is 1.54. The van der Waals surface area contributed by atoms with Gasteiger partial charge in [0.2, 0.25) is 0 Å². The molecule has 1 fully saturated rings. The summed E-state index contributed by atoms with van der Waals surface area (Å²) in [5, 5.41) is 2.83. The van der Waals surface area contributed by atoms with Gasteiger partial charge in [-0.3, -0.25) is 4.79 Å². The van der Waals surface area contributed by atoms with E-state index in [2.05, 4.69) is 35.1 Å². The molecule has 1 aromatic heterocycles. The molecule has 0 spiro atoms. The van der Waals surface area contributed by atoms with Crippen molar-refractivity contribution in [2.45, 2.75) is 26.7 Å². The van der Waals surface area contributed by atoms with Crippen molar-refractivity contribution in [2.75, 3.05) is 43.1 Å². The molecule has 6 nitrogen and oxygen atoms in total. The second-order valence-corrected chi connectivity index (χ2v) is 7.02. The van der Waals surface area contributed by atoms with Crippen LogP contribution in [0.25, 0.3) is 0 Å². The van der Waals surface area contributed by atoms with E-state index >= 15 is 0 Å². The third-order valence-electron chi connectivity index (χ3n) is 4.60. The Morgan fingerprint density at radius 1 is 1.26 bits per heavy atom. The van der Waals surface area contributed by atoms with E-state index in [0.717, 1.165) is 43.4 Å². The van der Waals surface area contributed by atoms with Crippen LogP contribution in [0.5, 0.6) is 5.75 Å². The van der Waals surface area contributed by atoms with Crippen molar-refractivity contribution in [3.63, 3.8) is 0 Å². The standard InChI is InChI=1S/C21H27N3O3/c1-15(2)17-5-4-16(3)19(12-17)27-14-21(25)23-18-6-7-20(22-13-18)24-8-10-26-11-9-24/h4-7,12-13,15H,8-11,14H2,1-3H3,(H,23,25). The van der Waals surface area contributed by atoms with Gasteiger partial charge in [0.15, 0.2) is 6.61 Å². The molecule has 1 aliphatic heterocycles. The van der Waals surface area contributed by atoms with Crippen LogP contribution in [0.4, 0.5) is 11.5 Å². The van der Waals surface area contributed by atoms with Crippen LogP contribution < -0.4 is 15.0 Å². The fraction of sp³-hybridized carbons (Fsp3) is 0.429. The van der Waals surface area contributed by atoms with E-state index in [9.17, 15) is 4.79 Å². The second-order valence-electron chi connectivity index (χ2n) is 7.02. The van der Waals surface area contributed by atoms with Gasteiger partial charge in [-0.15, -0.1) is 0 Å². The largest absolute Gasteiger partial charge is 0.483 e. The number of nitrogens with zero attached hydrogens (tertiary/aromatic N) is 2. The summed E-state index contributed by atoms with van der Waals surface area (Å²) in [6.45, 7) is 9.31. The van der Waals surface area contributed by atoms with E-state index in [1.807, 2.05) is 31.2 Å². The van der Waals surface area contributed by atoms with Crippen LogP contribution in [-0.4, -0.2) is 43.8 Å². The number of anilines is 2. The zero-order chi connectivity index (χ0) is 19.2. The lowest BCUT2D eigenvalue weighted by atomic mass is 10.0. The molecular weight excluding hydrogens is 342 g/mol. The molecule has 1 amide bonds. The molecule has 1 saturated heterocycles. The maximum atomic E-state index is 12.2. The Hall–Kier alpha value is -2.60. The number of pyridine rings is 1. The first-order chi connectivity index (χ1) is 13.0. The van der Waals surface area contributed by atoms with Crippen LogP contribution >= 0.6 is 0 Å².